The van der Waals surface area contributed by atoms with Crippen LogP contribution in [0.15, 0.2) is 0 Å². The fraction of sp³-hybridized carbons (Fsp3) is 0.786. The van der Waals surface area contributed by atoms with Gasteiger partial charge in [-0.15, -0.1) is 0 Å². The Morgan fingerprint density at radius 2 is 2.11 bits per heavy atom. The molecule has 2 rings (SSSR count). The Morgan fingerprint density at radius 1 is 1.44 bits per heavy atom. The molecule has 1 aromatic rings. The lowest BCUT2D eigenvalue weighted by atomic mass is 9.91. The minimum atomic E-state index is 0.506. The van der Waals surface area contributed by atoms with E-state index in [1.54, 1.807) is 0 Å². The molecule has 0 radical (unpaired) electrons. The summed E-state index contributed by atoms with van der Waals surface area (Å²) >= 11 is 0. The second kappa shape index (κ2) is 5.31. The van der Waals surface area contributed by atoms with Crippen molar-refractivity contribution in [1.29, 1.82) is 0 Å². The van der Waals surface area contributed by atoms with Gasteiger partial charge in [0.05, 0.1) is 5.69 Å². The van der Waals surface area contributed by atoms with E-state index in [4.69, 9.17) is 0 Å². The van der Waals surface area contributed by atoms with Crippen LogP contribution in [0, 0.1) is 6.92 Å². The smallest absolute Gasteiger partial charge is 0.131 e. The highest BCUT2D eigenvalue weighted by Crippen LogP contribution is 2.31. The number of hydrogen-bond acceptors (Lipinski definition) is 3. The molecule has 1 aliphatic carbocycles. The lowest BCUT2D eigenvalue weighted by Gasteiger charge is -2.36. The number of aryl methyl sites for hydroxylation is 2. The average Bonchev–Trinajstić information content (AvgIpc) is 2.47. The Morgan fingerprint density at radius 3 is 2.61 bits per heavy atom. The summed E-state index contributed by atoms with van der Waals surface area (Å²) in [5.41, 5.74) is 2.49. The highest BCUT2D eigenvalue weighted by atomic mass is 15.4. The van der Waals surface area contributed by atoms with Gasteiger partial charge >= 0.3 is 0 Å². The van der Waals surface area contributed by atoms with Crippen LogP contribution in [0.1, 0.15) is 44.4 Å². The fourth-order valence-electron chi connectivity index (χ4n) is 2.59. The molecule has 1 fully saturated rings. The molecule has 4 heteroatoms. The molecular formula is C14H26N4. The molecule has 0 amide bonds. The van der Waals surface area contributed by atoms with Crippen molar-refractivity contribution in [3.05, 3.63) is 11.3 Å². The average molecular weight is 250 g/mol. The Bertz CT molecular complexity index is 404. The molecule has 18 heavy (non-hydrogen) atoms. The zero-order valence-corrected chi connectivity index (χ0v) is 12.3. The van der Waals surface area contributed by atoms with Crippen molar-refractivity contribution in [2.75, 3.05) is 11.9 Å². The summed E-state index contributed by atoms with van der Waals surface area (Å²) in [6, 6.07) is 1.21. The Hall–Kier alpha value is -1.03. The molecule has 0 saturated heterocycles. The summed E-state index contributed by atoms with van der Waals surface area (Å²) in [5.74, 6) is 1.28. The highest BCUT2D eigenvalue weighted by molar-refractivity contribution is 5.50. The summed E-state index contributed by atoms with van der Waals surface area (Å²) in [6.07, 6.45) is 4.00. The van der Waals surface area contributed by atoms with E-state index in [2.05, 4.69) is 50.2 Å². The number of nitrogens with one attached hydrogen (secondary N) is 1. The van der Waals surface area contributed by atoms with Crippen molar-refractivity contribution in [1.82, 2.24) is 15.1 Å². The number of nitrogens with zero attached hydrogens (tertiary/aromatic N) is 3. The van der Waals surface area contributed by atoms with Gasteiger partial charge in [0.1, 0.15) is 5.82 Å². The van der Waals surface area contributed by atoms with Crippen LogP contribution in [0.5, 0.6) is 0 Å². The molecule has 1 aromatic heterocycles. The Balaban J connectivity index is 2.21. The van der Waals surface area contributed by atoms with Gasteiger partial charge in [0.2, 0.25) is 0 Å². The van der Waals surface area contributed by atoms with E-state index < -0.39 is 0 Å². The predicted octanol–water partition coefficient (Wildman–Crippen LogP) is 2.22. The molecule has 0 atom stereocenters. The molecular weight excluding hydrogens is 224 g/mol. The summed E-state index contributed by atoms with van der Waals surface area (Å²) in [5, 5.41) is 8.09. The number of aromatic nitrogens is 2. The van der Waals surface area contributed by atoms with Gasteiger partial charge in [0.15, 0.2) is 0 Å². The van der Waals surface area contributed by atoms with Gasteiger partial charge < -0.3 is 10.2 Å². The molecule has 1 saturated carbocycles. The quantitative estimate of drug-likeness (QED) is 0.870. The predicted molar refractivity (Wildman–Crippen MR) is 76.0 cm³/mol. The first-order valence-corrected chi connectivity index (χ1v) is 6.99. The molecule has 0 aliphatic heterocycles. The van der Waals surface area contributed by atoms with Crippen LogP contribution in [0.3, 0.4) is 0 Å². The summed E-state index contributed by atoms with van der Waals surface area (Å²) in [4.78, 5) is 2.42. The SMILES string of the molecule is Cc1nn(C)c(N(C)C2CCC2)c1CNC(C)C. The Kier molecular flexibility index (Phi) is 3.95. The maximum atomic E-state index is 4.59. The van der Waals surface area contributed by atoms with E-state index in [1.165, 1.54) is 30.6 Å². The lowest BCUT2D eigenvalue weighted by Crippen LogP contribution is -2.39. The topological polar surface area (TPSA) is 33.1 Å². The molecule has 1 aliphatic rings. The normalized spacial score (nSPS) is 16.1. The first-order chi connectivity index (χ1) is 8.50. The third kappa shape index (κ3) is 2.53. The third-order valence-corrected chi connectivity index (χ3v) is 3.96. The molecule has 1 N–H and O–H groups in total. The van der Waals surface area contributed by atoms with Crippen molar-refractivity contribution < 1.29 is 0 Å². The molecule has 0 spiro atoms. The van der Waals surface area contributed by atoms with Crippen LogP contribution < -0.4 is 10.2 Å². The van der Waals surface area contributed by atoms with Crippen molar-refractivity contribution >= 4 is 5.82 Å². The minimum absolute atomic E-state index is 0.506. The van der Waals surface area contributed by atoms with Crippen molar-refractivity contribution in [2.45, 2.75) is 58.7 Å². The van der Waals surface area contributed by atoms with Gasteiger partial charge in [-0.25, -0.2) is 0 Å². The van der Waals surface area contributed by atoms with Crippen molar-refractivity contribution in [3.63, 3.8) is 0 Å². The molecule has 0 aromatic carbocycles. The highest BCUT2D eigenvalue weighted by Gasteiger charge is 2.26. The van der Waals surface area contributed by atoms with Crippen LogP contribution >= 0.6 is 0 Å². The summed E-state index contributed by atoms with van der Waals surface area (Å²) in [6.45, 7) is 7.38. The third-order valence-electron chi connectivity index (χ3n) is 3.96. The molecule has 0 bridgehead atoms. The van der Waals surface area contributed by atoms with Gasteiger partial charge in [-0.3, -0.25) is 4.68 Å². The number of rotatable bonds is 5. The lowest BCUT2D eigenvalue weighted by molar-refractivity contribution is 0.395. The monoisotopic (exact) mass is 250 g/mol. The van der Waals surface area contributed by atoms with E-state index in [0.29, 0.717) is 12.1 Å². The van der Waals surface area contributed by atoms with Gasteiger partial charge in [-0.05, 0) is 26.2 Å². The van der Waals surface area contributed by atoms with Gasteiger partial charge in [-0.1, -0.05) is 13.8 Å². The van der Waals surface area contributed by atoms with Gasteiger partial charge in [0.25, 0.3) is 0 Å². The Labute approximate surface area is 110 Å². The molecule has 4 nitrogen and oxygen atoms in total. The van der Waals surface area contributed by atoms with Crippen LogP contribution in [0.25, 0.3) is 0 Å². The van der Waals surface area contributed by atoms with Crippen LogP contribution in [-0.4, -0.2) is 28.9 Å². The first kappa shape index (κ1) is 13.4. The molecule has 1 heterocycles. The second-order valence-corrected chi connectivity index (χ2v) is 5.74. The zero-order valence-electron chi connectivity index (χ0n) is 12.3. The largest absolute Gasteiger partial charge is 0.357 e. The van der Waals surface area contributed by atoms with Crippen LogP contribution in [-0.2, 0) is 13.6 Å². The summed E-state index contributed by atoms with van der Waals surface area (Å²) < 4.78 is 2.03. The fourth-order valence-corrected chi connectivity index (χ4v) is 2.59. The van der Waals surface area contributed by atoms with E-state index in [0.717, 1.165) is 12.2 Å². The van der Waals surface area contributed by atoms with Crippen LogP contribution in [0.2, 0.25) is 0 Å². The van der Waals surface area contributed by atoms with E-state index in [1.807, 2.05) is 4.68 Å². The second-order valence-electron chi connectivity index (χ2n) is 5.74. The minimum Gasteiger partial charge on any atom is -0.357 e. The number of anilines is 1. The van der Waals surface area contributed by atoms with E-state index >= 15 is 0 Å². The molecule has 0 unspecified atom stereocenters. The maximum absolute atomic E-state index is 4.59. The maximum Gasteiger partial charge on any atom is 0.131 e. The van der Waals surface area contributed by atoms with Crippen molar-refractivity contribution in [2.24, 2.45) is 7.05 Å². The standard InChI is InChI=1S/C14H26N4/c1-10(2)15-9-13-11(3)16-18(5)14(13)17(4)12-7-6-8-12/h10,12,15H,6-9H2,1-5H3. The van der Waals surface area contributed by atoms with E-state index in [-0.39, 0.29) is 0 Å². The zero-order chi connectivity index (χ0) is 13.3. The summed E-state index contributed by atoms with van der Waals surface area (Å²) in [7, 11) is 4.26. The molecule has 102 valence electrons. The van der Waals surface area contributed by atoms with Crippen molar-refractivity contribution in [3.8, 4) is 0 Å². The van der Waals surface area contributed by atoms with Crippen LogP contribution in [0.4, 0.5) is 5.82 Å². The number of hydrogen-bond donors (Lipinski definition) is 1. The van der Waals surface area contributed by atoms with Gasteiger partial charge in [-0.2, -0.15) is 5.10 Å². The first-order valence-electron chi connectivity index (χ1n) is 6.99. The van der Waals surface area contributed by atoms with Gasteiger partial charge in [0, 0.05) is 38.3 Å². The van der Waals surface area contributed by atoms with E-state index in [9.17, 15) is 0 Å².